The topological polar surface area (TPSA) is 96.6 Å². The van der Waals surface area contributed by atoms with Gasteiger partial charge in [-0.15, -0.1) is 0 Å². The van der Waals surface area contributed by atoms with Gasteiger partial charge in [-0.3, -0.25) is 0 Å². The number of aliphatic hydroxyl groups is 1. The molecule has 1 aliphatic rings. The Morgan fingerprint density at radius 3 is 2.79 bits per heavy atom. The van der Waals surface area contributed by atoms with Gasteiger partial charge in [0, 0.05) is 26.7 Å². The molecule has 24 heavy (non-hydrogen) atoms. The number of hydrogen-bond acceptors (Lipinski definition) is 7. The molecule has 1 aromatic carbocycles. The normalized spacial score (nSPS) is 17.8. The molecular formula is C15H20N6O3. The molecule has 9 heteroatoms. The van der Waals surface area contributed by atoms with E-state index < -0.39 is 0 Å². The fraction of sp³-hybridized carbons (Fsp3) is 0.467. The first-order valence-electron chi connectivity index (χ1n) is 7.74. The van der Waals surface area contributed by atoms with Crippen LogP contribution in [0.3, 0.4) is 0 Å². The van der Waals surface area contributed by atoms with Crippen LogP contribution in [0.1, 0.15) is 5.56 Å². The lowest BCUT2D eigenvalue weighted by molar-refractivity contribution is 0.0833. The number of hydrogen-bond donors (Lipinski definition) is 1. The molecule has 2 aromatic rings. The van der Waals surface area contributed by atoms with Crippen LogP contribution in [-0.4, -0.2) is 68.6 Å². The van der Waals surface area contributed by atoms with Crippen molar-refractivity contribution in [1.29, 1.82) is 0 Å². The van der Waals surface area contributed by atoms with E-state index >= 15 is 0 Å². The monoisotopic (exact) mass is 332 g/mol. The molecule has 0 bridgehead atoms. The van der Waals surface area contributed by atoms with E-state index in [0.717, 1.165) is 5.56 Å². The van der Waals surface area contributed by atoms with Crippen molar-refractivity contribution >= 4 is 12.0 Å². The van der Waals surface area contributed by atoms with Crippen LogP contribution in [0, 0.1) is 0 Å². The molecule has 1 atom stereocenters. The Bertz CT molecular complexity index is 677. The summed E-state index contributed by atoms with van der Waals surface area (Å²) in [5, 5.41) is 21.0. The number of nitrogens with zero attached hydrogens (tertiary/aromatic N) is 6. The molecule has 3 rings (SSSR count). The quantitative estimate of drug-likeness (QED) is 0.843. The number of anilines is 1. The molecule has 2 heterocycles. The van der Waals surface area contributed by atoms with Gasteiger partial charge in [0.05, 0.1) is 12.6 Å². The van der Waals surface area contributed by atoms with Gasteiger partial charge in [0.2, 0.25) is 5.95 Å². The molecular weight excluding hydrogens is 312 g/mol. The maximum atomic E-state index is 12.3. The van der Waals surface area contributed by atoms with Gasteiger partial charge in [0.25, 0.3) is 0 Å². The predicted octanol–water partition coefficient (Wildman–Crippen LogP) is 0.0298. The maximum absolute atomic E-state index is 12.3. The highest BCUT2D eigenvalue weighted by Crippen LogP contribution is 2.17. The predicted molar refractivity (Wildman–Crippen MR) is 85.2 cm³/mol. The average Bonchev–Trinajstić information content (AvgIpc) is 3.05. The zero-order valence-electron chi connectivity index (χ0n) is 13.4. The molecule has 0 aliphatic carbocycles. The van der Waals surface area contributed by atoms with Crippen molar-refractivity contribution in [3.05, 3.63) is 35.9 Å². The highest BCUT2D eigenvalue weighted by Gasteiger charge is 2.32. The Morgan fingerprint density at radius 2 is 2.12 bits per heavy atom. The average molecular weight is 332 g/mol. The van der Waals surface area contributed by atoms with Gasteiger partial charge in [0.1, 0.15) is 6.61 Å². The third-order valence-corrected chi connectivity index (χ3v) is 4.01. The molecule has 0 radical (unpaired) electrons. The lowest BCUT2D eigenvalue weighted by Gasteiger charge is -2.39. The van der Waals surface area contributed by atoms with E-state index in [1.807, 2.05) is 35.2 Å². The van der Waals surface area contributed by atoms with Gasteiger partial charge < -0.3 is 19.6 Å². The summed E-state index contributed by atoms with van der Waals surface area (Å²) in [5.41, 5.74) is 0.938. The first-order valence-corrected chi connectivity index (χ1v) is 7.74. The summed E-state index contributed by atoms with van der Waals surface area (Å²) >= 11 is 0. The van der Waals surface area contributed by atoms with Gasteiger partial charge in [-0.2, -0.15) is 0 Å². The van der Waals surface area contributed by atoms with Gasteiger partial charge in [0.15, 0.2) is 0 Å². The number of carbonyl (C=O) groups is 1. The Hall–Kier alpha value is -2.68. The smallest absolute Gasteiger partial charge is 0.410 e. The number of aryl methyl sites for hydroxylation is 1. The van der Waals surface area contributed by atoms with E-state index in [-0.39, 0.29) is 25.3 Å². The maximum Gasteiger partial charge on any atom is 0.410 e. The fourth-order valence-corrected chi connectivity index (χ4v) is 2.72. The van der Waals surface area contributed by atoms with E-state index in [2.05, 4.69) is 15.5 Å². The Morgan fingerprint density at radius 1 is 1.33 bits per heavy atom. The summed E-state index contributed by atoms with van der Waals surface area (Å²) in [4.78, 5) is 15.8. The standard InChI is InChI=1S/C15H20N6O3/c1-19-14(16-17-18-19)21-8-7-20(9-13(21)10-22)15(23)24-11-12-5-3-2-4-6-12/h2-6,13,22H,7-11H2,1H3/t13-/m0/s1. The van der Waals surface area contributed by atoms with E-state index in [1.54, 1.807) is 16.6 Å². The second kappa shape index (κ2) is 7.26. The minimum absolute atomic E-state index is 0.102. The summed E-state index contributed by atoms with van der Waals surface area (Å²) in [6, 6.07) is 9.26. The van der Waals surface area contributed by atoms with Gasteiger partial charge in [-0.05, 0) is 16.0 Å². The lowest BCUT2D eigenvalue weighted by atomic mass is 10.2. The van der Waals surface area contributed by atoms with Crippen molar-refractivity contribution in [2.24, 2.45) is 7.05 Å². The highest BCUT2D eigenvalue weighted by atomic mass is 16.6. The zero-order chi connectivity index (χ0) is 16.9. The Balaban J connectivity index is 1.59. The molecule has 9 nitrogen and oxygen atoms in total. The third kappa shape index (κ3) is 3.46. The third-order valence-electron chi connectivity index (χ3n) is 4.01. The zero-order valence-corrected chi connectivity index (χ0v) is 13.4. The SMILES string of the molecule is Cn1nnnc1N1CCN(C(=O)OCc2ccccc2)C[C@H]1CO. The number of tetrazole rings is 1. The molecule has 1 amide bonds. The van der Waals surface area contributed by atoms with Crippen molar-refractivity contribution in [3.8, 4) is 0 Å². The van der Waals surface area contributed by atoms with E-state index in [4.69, 9.17) is 4.74 Å². The number of aliphatic hydroxyl groups excluding tert-OH is 1. The molecule has 1 aliphatic heterocycles. The number of aromatic nitrogens is 4. The van der Waals surface area contributed by atoms with Crippen molar-refractivity contribution in [3.63, 3.8) is 0 Å². The number of benzene rings is 1. The number of ether oxygens (including phenoxy) is 1. The van der Waals surface area contributed by atoms with Crippen LogP contribution in [-0.2, 0) is 18.4 Å². The number of carbonyl (C=O) groups excluding carboxylic acids is 1. The summed E-state index contributed by atoms with van der Waals surface area (Å²) < 4.78 is 6.90. The first-order chi connectivity index (χ1) is 11.7. The van der Waals surface area contributed by atoms with Gasteiger partial charge >= 0.3 is 6.09 Å². The highest BCUT2D eigenvalue weighted by molar-refractivity contribution is 5.68. The number of rotatable bonds is 4. The van der Waals surface area contributed by atoms with Crippen molar-refractivity contribution in [1.82, 2.24) is 25.1 Å². The molecule has 1 saturated heterocycles. The van der Waals surface area contributed by atoms with E-state index in [1.165, 1.54) is 0 Å². The van der Waals surface area contributed by atoms with Crippen LogP contribution in [0.25, 0.3) is 0 Å². The van der Waals surface area contributed by atoms with Crippen LogP contribution in [0.15, 0.2) is 30.3 Å². The van der Waals surface area contributed by atoms with Crippen molar-refractivity contribution < 1.29 is 14.6 Å². The van der Waals surface area contributed by atoms with Gasteiger partial charge in [-0.1, -0.05) is 35.4 Å². The second-order valence-corrected chi connectivity index (χ2v) is 5.62. The molecule has 0 unspecified atom stereocenters. The van der Waals surface area contributed by atoms with E-state index in [0.29, 0.717) is 25.6 Å². The largest absolute Gasteiger partial charge is 0.445 e. The first kappa shape index (κ1) is 16.2. The summed E-state index contributed by atoms with van der Waals surface area (Å²) in [6.45, 7) is 1.50. The van der Waals surface area contributed by atoms with Crippen LogP contribution in [0.4, 0.5) is 10.7 Å². The number of amides is 1. The summed E-state index contributed by atoms with van der Waals surface area (Å²) in [7, 11) is 1.74. The van der Waals surface area contributed by atoms with E-state index in [9.17, 15) is 9.90 Å². The molecule has 128 valence electrons. The molecule has 0 saturated carbocycles. The lowest BCUT2D eigenvalue weighted by Crippen LogP contribution is -2.57. The van der Waals surface area contributed by atoms with Crippen LogP contribution in [0.2, 0.25) is 0 Å². The van der Waals surface area contributed by atoms with Crippen molar-refractivity contribution in [2.75, 3.05) is 31.1 Å². The summed E-state index contributed by atoms with van der Waals surface area (Å²) in [6.07, 6.45) is -0.381. The summed E-state index contributed by atoms with van der Waals surface area (Å²) in [5.74, 6) is 0.575. The van der Waals surface area contributed by atoms with Crippen molar-refractivity contribution in [2.45, 2.75) is 12.6 Å². The minimum atomic E-state index is -0.381. The van der Waals surface area contributed by atoms with Gasteiger partial charge in [-0.25, -0.2) is 9.48 Å². The second-order valence-electron chi connectivity index (χ2n) is 5.62. The Labute approximate surface area is 139 Å². The molecule has 1 N–H and O–H groups in total. The number of piperazine rings is 1. The molecule has 1 fully saturated rings. The Kier molecular flexibility index (Phi) is 4.90. The van der Waals surface area contributed by atoms with Crippen LogP contribution in [0.5, 0.6) is 0 Å². The molecule has 0 spiro atoms. The molecule has 1 aromatic heterocycles. The van der Waals surface area contributed by atoms with Crippen LogP contribution < -0.4 is 4.90 Å². The fourth-order valence-electron chi connectivity index (χ4n) is 2.72. The minimum Gasteiger partial charge on any atom is -0.445 e. The van der Waals surface area contributed by atoms with Crippen LogP contribution >= 0.6 is 0 Å².